The van der Waals surface area contributed by atoms with E-state index in [2.05, 4.69) is 20.5 Å². The van der Waals surface area contributed by atoms with Crippen molar-refractivity contribution in [1.29, 1.82) is 0 Å². The normalized spacial score (nSPS) is 11.8. The Bertz CT molecular complexity index is 1220. The van der Waals surface area contributed by atoms with Gasteiger partial charge in [-0.3, -0.25) is 5.10 Å². The second kappa shape index (κ2) is 5.97. The zero-order valence-electron chi connectivity index (χ0n) is 13.7. The number of anilines is 2. The van der Waals surface area contributed by atoms with Crippen LogP contribution in [0.5, 0.6) is 5.75 Å². The Labute approximate surface area is 149 Å². The van der Waals surface area contributed by atoms with Gasteiger partial charge in [0.1, 0.15) is 11.3 Å². The molecule has 0 aliphatic rings. The van der Waals surface area contributed by atoms with Crippen LogP contribution in [0.25, 0.3) is 21.8 Å². The van der Waals surface area contributed by atoms with Crippen molar-refractivity contribution in [2.45, 2.75) is 4.90 Å². The fraction of sp³-hybridized carbons (Fsp3) is 0.0588. The van der Waals surface area contributed by atoms with Gasteiger partial charge in [0.15, 0.2) is 5.82 Å². The Hall–Kier alpha value is -3.17. The van der Waals surface area contributed by atoms with Crippen molar-refractivity contribution in [3.05, 3.63) is 48.7 Å². The van der Waals surface area contributed by atoms with E-state index in [0.29, 0.717) is 17.0 Å². The van der Waals surface area contributed by atoms with Crippen LogP contribution in [0, 0.1) is 0 Å². The van der Waals surface area contributed by atoms with Crippen molar-refractivity contribution in [3.8, 4) is 5.75 Å². The molecule has 26 heavy (non-hydrogen) atoms. The molecule has 0 saturated carbocycles. The summed E-state index contributed by atoms with van der Waals surface area (Å²) in [6.45, 7) is 0. The van der Waals surface area contributed by atoms with Gasteiger partial charge in [-0.15, -0.1) is 0 Å². The van der Waals surface area contributed by atoms with E-state index in [1.54, 1.807) is 25.4 Å². The minimum absolute atomic E-state index is 0.0477. The van der Waals surface area contributed by atoms with E-state index in [1.165, 1.54) is 12.1 Å². The fourth-order valence-electron chi connectivity index (χ4n) is 2.76. The number of sulfonamides is 1. The first-order valence-corrected chi connectivity index (χ1v) is 9.21. The number of benzene rings is 2. The lowest BCUT2D eigenvalue weighted by Crippen LogP contribution is -2.11. The summed E-state index contributed by atoms with van der Waals surface area (Å²) in [6, 6.07) is 11.7. The minimum Gasteiger partial charge on any atom is -0.497 e. The highest BCUT2D eigenvalue weighted by molar-refractivity contribution is 7.89. The largest absolute Gasteiger partial charge is 0.497 e. The summed E-state index contributed by atoms with van der Waals surface area (Å²) in [4.78, 5) is 4.67. The zero-order valence-corrected chi connectivity index (χ0v) is 14.5. The number of hydrogen-bond acceptors (Lipinski definition) is 6. The van der Waals surface area contributed by atoms with Gasteiger partial charge < -0.3 is 10.1 Å². The molecule has 4 N–H and O–H groups in total. The maximum atomic E-state index is 11.4. The van der Waals surface area contributed by atoms with E-state index in [4.69, 9.17) is 9.88 Å². The number of aromatic amines is 1. The summed E-state index contributed by atoms with van der Waals surface area (Å²) < 4.78 is 28.0. The van der Waals surface area contributed by atoms with Gasteiger partial charge in [-0.25, -0.2) is 18.5 Å². The van der Waals surface area contributed by atoms with E-state index in [-0.39, 0.29) is 4.90 Å². The standard InChI is InChI=1S/C17H15N5O3S/c1-25-11-4-7-15-13(8-11)14-9-19-22-16(14)17(21-15)20-10-2-5-12(6-3-10)26(18,23)24/h2-9H,1H3,(H,19,22)(H,20,21)(H2,18,23,24). The minimum atomic E-state index is -3.73. The molecule has 2 aromatic carbocycles. The molecule has 0 amide bonds. The van der Waals surface area contributed by atoms with Crippen LogP contribution in [-0.2, 0) is 10.0 Å². The molecule has 0 unspecified atom stereocenters. The third kappa shape index (κ3) is 2.83. The molecule has 0 saturated heterocycles. The molecule has 0 fully saturated rings. The number of pyridine rings is 1. The predicted octanol–water partition coefficient (Wildman–Crippen LogP) is 2.51. The Morgan fingerprint density at radius 3 is 2.58 bits per heavy atom. The number of rotatable bonds is 4. The average Bonchev–Trinajstić information content (AvgIpc) is 3.11. The molecule has 8 nitrogen and oxygen atoms in total. The second-order valence-corrected chi connectivity index (χ2v) is 7.25. The molecule has 0 atom stereocenters. The highest BCUT2D eigenvalue weighted by atomic mass is 32.2. The van der Waals surface area contributed by atoms with Gasteiger partial charge >= 0.3 is 0 Å². The number of nitrogens with one attached hydrogen (secondary N) is 2. The molecule has 2 heterocycles. The van der Waals surface area contributed by atoms with Crippen molar-refractivity contribution >= 4 is 43.3 Å². The van der Waals surface area contributed by atoms with Crippen LogP contribution < -0.4 is 15.2 Å². The Balaban J connectivity index is 1.80. The summed E-state index contributed by atoms with van der Waals surface area (Å²) in [6.07, 6.45) is 1.80. The van der Waals surface area contributed by atoms with Crippen LogP contribution >= 0.6 is 0 Å². The van der Waals surface area contributed by atoms with Gasteiger partial charge in [0.2, 0.25) is 10.0 Å². The number of aromatic nitrogens is 3. The van der Waals surface area contributed by atoms with Crippen LogP contribution in [0.4, 0.5) is 11.5 Å². The van der Waals surface area contributed by atoms with Gasteiger partial charge in [0, 0.05) is 22.7 Å². The van der Waals surface area contributed by atoms with Gasteiger partial charge in [-0.05, 0) is 42.5 Å². The molecule has 4 rings (SSSR count). The number of primary sulfonamides is 1. The maximum Gasteiger partial charge on any atom is 0.238 e. The van der Waals surface area contributed by atoms with Gasteiger partial charge in [-0.2, -0.15) is 5.10 Å². The summed E-state index contributed by atoms with van der Waals surface area (Å²) in [7, 11) is -2.11. The van der Waals surface area contributed by atoms with Gasteiger partial charge in [0.25, 0.3) is 0 Å². The van der Waals surface area contributed by atoms with Crippen LogP contribution in [-0.4, -0.2) is 30.7 Å². The first-order chi connectivity index (χ1) is 12.5. The van der Waals surface area contributed by atoms with E-state index in [9.17, 15) is 8.42 Å². The number of fused-ring (bicyclic) bond motifs is 3. The van der Waals surface area contributed by atoms with Crippen molar-refractivity contribution in [2.75, 3.05) is 12.4 Å². The Morgan fingerprint density at radius 2 is 1.88 bits per heavy atom. The van der Waals surface area contributed by atoms with Crippen molar-refractivity contribution < 1.29 is 13.2 Å². The number of methoxy groups -OCH3 is 1. The fourth-order valence-corrected chi connectivity index (χ4v) is 3.27. The average molecular weight is 369 g/mol. The molecular weight excluding hydrogens is 354 g/mol. The van der Waals surface area contributed by atoms with E-state index in [0.717, 1.165) is 22.0 Å². The van der Waals surface area contributed by atoms with E-state index < -0.39 is 10.0 Å². The van der Waals surface area contributed by atoms with Crippen LogP contribution in [0.15, 0.2) is 53.6 Å². The molecule has 0 spiro atoms. The SMILES string of the molecule is COc1ccc2nc(Nc3ccc(S(N)(=O)=O)cc3)c3n[nH]cc3c2c1. The lowest BCUT2D eigenvalue weighted by Gasteiger charge is -2.09. The van der Waals surface area contributed by atoms with Crippen LogP contribution in [0.2, 0.25) is 0 Å². The Morgan fingerprint density at radius 1 is 1.12 bits per heavy atom. The molecular formula is C17H15N5O3S. The van der Waals surface area contributed by atoms with E-state index >= 15 is 0 Å². The first kappa shape index (κ1) is 16.3. The first-order valence-electron chi connectivity index (χ1n) is 7.67. The molecule has 0 bridgehead atoms. The molecule has 2 aromatic heterocycles. The van der Waals surface area contributed by atoms with Gasteiger partial charge in [0.05, 0.1) is 17.5 Å². The number of H-pyrrole nitrogens is 1. The summed E-state index contributed by atoms with van der Waals surface area (Å²) in [5.74, 6) is 1.29. The summed E-state index contributed by atoms with van der Waals surface area (Å²) >= 11 is 0. The highest BCUT2D eigenvalue weighted by Gasteiger charge is 2.13. The number of ether oxygens (including phenoxy) is 1. The molecule has 0 aliphatic carbocycles. The molecule has 9 heteroatoms. The number of nitrogens with zero attached hydrogens (tertiary/aromatic N) is 2. The van der Waals surface area contributed by atoms with E-state index in [1.807, 2.05) is 18.2 Å². The smallest absolute Gasteiger partial charge is 0.238 e. The van der Waals surface area contributed by atoms with Crippen LogP contribution in [0.1, 0.15) is 0 Å². The molecule has 4 aromatic rings. The monoisotopic (exact) mass is 369 g/mol. The quantitative estimate of drug-likeness (QED) is 0.508. The lowest BCUT2D eigenvalue weighted by atomic mass is 10.1. The molecule has 132 valence electrons. The zero-order chi connectivity index (χ0) is 18.3. The topological polar surface area (TPSA) is 123 Å². The van der Waals surface area contributed by atoms with Crippen molar-refractivity contribution in [1.82, 2.24) is 15.2 Å². The van der Waals surface area contributed by atoms with Crippen molar-refractivity contribution in [2.24, 2.45) is 5.14 Å². The van der Waals surface area contributed by atoms with Crippen molar-refractivity contribution in [3.63, 3.8) is 0 Å². The third-order valence-corrected chi connectivity index (χ3v) is 4.97. The second-order valence-electron chi connectivity index (χ2n) is 5.69. The van der Waals surface area contributed by atoms with Crippen LogP contribution in [0.3, 0.4) is 0 Å². The summed E-state index contributed by atoms with van der Waals surface area (Å²) in [5, 5.41) is 17.2. The third-order valence-electron chi connectivity index (χ3n) is 4.04. The predicted molar refractivity (Wildman–Crippen MR) is 99.0 cm³/mol. The molecule has 0 radical (unpaired) electrons. The maximum absolute atomic E-state index is 11.4. The summed E-state index contributed by atoms with van der Waals surface area (Å²) in [5.41, 5.74) is 2.12. The Kier molecular flexibility index (Phi) is 3.74. The molecule has 0 aliphatic heterocycles. The van der Waals surface area contributed by atoms with Gasteiger partial charge in [-0.1, -0.05) is 0 Å². The lowest BCUT2D eigenvalue weighted by molar-refractivity contribution is 0.415. The number of hydrogen-bond donors (Lipinski definition) is 3. The number of nitrogens with two attached hydrogens (primary N) is 1. The highest BCUT2D eigenvalue weighted by Crippen LogP contribution is 2.31.